The molecule has 1 saturated heterocycles. The Hall–Kier alpha value is -3.67. The fourth-order valence-corrected chi connectivity index (χ4v) is 4.48. The SMILES string of the molecule is O=C1CN(C(=O)c2ccc(CNC(=O)c3ccc4c5c(cccc35)CC4)cc2)CCN1. The van der Waals surface area contributed by atoms with Crippen LogP contribution in [0.3, 0.4) is 0 Å². The third-order valence-electron chi connectivity index (χ3n) is 6.10. The maximum atomic E-state index is 12.9. The van der Waals surface area contributed by atoms with Crippen LogP contribution in [0.25, 0.3) is 10.8 Å². The molecule has 6 nitrogen and oxygen atoms in total. The van der Waals surface area contributed by atoms with Crippen LogP contribution < -0.4 is 10.6 Å². The molecule has 3 amide bonds. The summed E-state index contributed by atoms with van der Waals surface area (Å²) in [5.41, 5.74) is 4.77. The monoisotopic (exact) mass is 413 g/mol. The highest BCUT2D eigenvalue weighted by molar-refractivity contribution is 6.09. The van der Waals surface area contributed by atoms with Crippen molar-refractivity contribution in [2.75, 3.05) is 19.6 Å². The summed E-state index contributed by atoms with van der Waals surface area (Å²) in [6.45, 7) is 1.45. The van der Waals surface area contributed by atoms with E-state index in [0.717, 1.165) is 23.8 Å². The quantitative estimate of drug-likeness (QED) is 0.690. The van der Waals surface area contributed by atoms with Gasteiger partial charge in [-0.3, -0.25) is 14.4 Å². The minimum Gasteiger partial charge on any atom is -0.353 e. The second-order valence-electron chi connectivity index (χ2n) is 8.07. The van der Waals surface area contributed by atoms with Gasteiger partial charge in [-0.05, 0) is 58.5 Å². The highest BCUT2D eigenvalue weighted by Crippen LogP contribution is 2.32. The molecule has 0 unspecified atom stereocenters. The number of amides is 3. The lowest BCUT2D eigenvalue weighted by Crippen LogP contribution is -2.49. The number of nitrogens with zero attached hydrogens (tertiary/aromatic N) is 1. The van der Waals surface area contributed by atoms with Gasteiger partial charge in [0.05, 0.1) is 6.54 Å². The molecule has 0 spiro atoms. The van der Waals surface area contributed by atoms with Crippen LogP contribution in [0.5, 0.6) is 0 Å². The third-order valence-corrected chi connectivity index (χ3v) is 6.10. The van der Waals surface area contributed by atoms with E-state index in [1.807, 2.05) is 30.3 Å². The van der Waals surface area contributed by atoms with Crippen LogP contribution in [0, 0.1) is 0 Å². The Morgan fingerprint density at radius 1 is 0.968 bits per heavy atom. The molecule has 1 fully saturated rings. The molecular weight excluding hydrogens is 390 g/mol. The maximum Gasteiger partial charge on any atom is 0.254 e. The predicted octanol–water partition coefficient (Wildman–Crippen LogP) is 2.44. The lowest BCUT2D eigenvalue weighted by molar-refractivity contribution is -0.123. The number of nitrogens with one attached hydrogen (secondary N) is 2. The van der Waals surface area contributed by atoms with Crippen LogP contribution in [-0.2, 0) is 24.2 Å². The molecule has 2 aliphatic rings. The highest BCUT2D eigenvalue weighted by atomic mass is 16.2. The molecule has 2 N–H and O–H groups in total. The van der Waals surface area contributed by atoms with E-state index in [9.17, 15) is 14.4 Å². The number of piperazine rings is 1. The fourth-order valence-electron chi connectivity index (χ4n) is 4.48. The first-order valence-corrected chi connectivity index (χ1v) is 10.6. The largest absolute Gasteiger partial charge is 0.353 e. The number of rotatable bonds is 4. The van der Waals surface area contributed by atoms with Gasteiger partial charge in [-0.2, -0.15) is 0 Å². The first-order valence-electron chi connectivity index (χ1n) is 10.6. The Morgan fingerprint density at radius 3 is 2.52 bits per heavy atom. The van der Waals surface area contributed by atoms with E-state index in [1.54, 1.807) is 17.0 Å². The first-order chi connectivity index (χ1) is 15.1. The molecule has 3 aromatic rings. The zero-order valence-electron chi connectivity index (χ0n) is 17.1. The van der Waals surface area contributed by atoms with Gasteiger partial charge in [-0.1, -0.05) is 36.4 Å². The summed E-state index contributed by atoms with van der Waals surface area (Å²) in [4.78, 5) is 38.5. The van der Waals surface area contributed by atoms with Crippen LogP contribution >= 0.6 is 0 Å². The number of aryl methyl sites for hydroxylation is 2. The third kappa shape index (κ3) is 3.65. The van der Waals surface area contributed by atoms with Crippen molar-refractivity contribution in [2.45, 2.75) is 19.4 Å². The summed E-state index contributed by atoms with van der Waals surface area (Å²) in [5, 5.41) is 7.95. The molecule has 1 aliphatic carbocycles. The van der Waals surface area contributed by atoms with Gasteiger partial charge in [0.1, 0.15) is 0 Å². The second-order valence-corrected chi connectivity index (χ2v) is 8.07. The van der Waals surface area contributed by atoms with Crippen LogP contribution in [-0.4, -0.2) is 42.3 Å². The van der Waals surface area contributed by atoms with E-state index in [2.05, 4.69) is 22.8 Å². The number of carbonyl (C=O) groups is 3. The lowest BCUT2D eigenvalue weighted by atomic mass is 9.99. The normalized spacial score (nSPS) is 15.1. The average Bonchev–Trinajstić information content (AvgIpc) is 3.22. The maximum absolute atomic E-state index is 12.9. The van der Waals surface area contributed by atoms with Crippen LogP contribution in [0.15, 0.2) is 54.6 Å². The van der Waals surface area contributed by atoms with Crippen LogP contribution in [0.4, 0.5) is 0 Å². The van der Waals surface area contributed by atoms with Crippen molar-refractivity contribution in [2.24, 2.45) is 0 Å². The Morgan fingerprint density at radius 2 is 1.74 bits per heavy atom. The van der Waals surface area contributed by atoms with Gasteiger partial charge in [0, 0.05) is 30.8 Å². The molecule has 0 aromatic heterocycles. The standard InChI is InChI=1S/C25H23N3O3/c29-22-15-28(13-12-26-22)25(31)19-6-4-16(5-7-19)14-27-24(30)21-11-10-18-9-8-17-2-1-3-20(21)23(17)18/h1-7,10-11H,8-9,12-15H2,(H,26,29)(H,27,30). The van der Waals surface area contributed by atoms with E-state index < -0.39 is 0 Å². The van der Waals surface area contributed by atoms with Gasteiger partial charge in [0.15, 0.2) is 0 Å². The van der Waals surface area contributed by atoms with Crippen molar-refractivity contribution in [3.05, 3.63) is 82.4 Å². The Balaban J connectivity index is 1.27. The Kier molecular flexibility index (Phi) is 4.90. The number of carbonyl (C=O) groups excluding carboxylic acids is 3. The van der Waals surface area contributed by atoms with Gasteiger partial charge in [0.25, 0.3) is 11.8 Å². The van der Waals surface area contributed by atoms with Gasteiger partial charge in [-0.25, -0.2) is 0 Å². The summed E-state index contributed by atoms with van der Waals surface area (Å²) in [7, 11) is 0. The van der Waals surface area contributed by atoms with Gasteiger partial charge < -0.3 is 15.5 Å². The van der Waals surface area contributed by atoms with Crippen molar-refractivity contribution < 1.29 is 14.4 Å². The van der Waals surface area contributed by atoms with Crippen molar-refractivity contribution in [3.63, 3.8) is 0 Å². The predicted molar refractivity (Wildman–Crippen MR) is 118 cm³/mol. The molecule has 1 heterocycles. The van der Waals surface area contributed by atoms with E-state index in [4.69, 9.17) is 0 Å². The molecule has 31 heavy (non-hydrogen) atoms. The first kappa shape index (κ1) is 19.3. The minimum absolute atomic E-state index is 0.0884. The van der Waals surface area contributed by atoms with Crippen molar-refractivity contribution in [1.29, 1.82) is 0 Å². The minimum atomic E-state index is -0.154. The van der Waals surface area contributed by atoms with Crippen molar-refractivity contribution in [3.8, 4) is 0 Å². The second kappa shape index (κ2) is 7.87. The van der Waals surface area contributed by atoms with Gasteiger partial charge >= 0.3 is 0 Å². The van der Waals surface area contributed by atoms with E-state index in [-0.39, 0.29) is 24.3 Å². The summed E-state index contributed by atoms with van der Waals surface area (Å²) in [5.74, 6) is -0.393. The highest BCUT2D eigenvalue weighted by Gasteiger charge is 2.22. The van der Waals surface area contributed by atoms with E-state index >= 15 is 0 Å². The van der Waals surface area contributed by atoms with E-state index in [1.165, 1.54) is 16.5 Å². The summed E-state index contributed by atoms with van der Waals surface area (Å²) in [6.07, 6.45) is 2.07. The fraction of sp³-hybridized carbons (Fsp3) is 0.240. The molecular formula is C25H23N3O3. The molecule has 0 bridgehead atoms. The Bertz CT molecular complexity index is 1190. The molecule has 3 aromatic carbocycles. The molecule has 156 valence electrons. The van der Waals surface area contributed by atoms with Crippen molar-refractivity contribution >= 4 is 28.5 Å². The average molecular weight is 413 g/mol. The number of hydrogen-bond acceptors (Lipinski definition) is 3. The molecule has 5 rings (SSSR count). The molecule has 0 radical (unpaired) electrons. The van der Waals surface area contributed by atoms with Crippen molar-refractivity contribution in [1.82, 2.24) is 15.5 Å². The molecule has 0 saturated carbocycles. The zero-order valence-corrected chi connectivity index (χ0v) is 17.1. The Labute approximate surface area is 180 Å². The summed E-state index contributed by atoms with van der Waals surface area (Å²) >= 11 is 0. The topological polar surface area (TPSA) is 78.5 Å². The van der Waals surface area contributed by atoms with Gasteiger partial charge in [0.2, 0.25) is 5.91 Å². The molecule has 6 heteroatoms. The smallest absolute Gasteiger partial charge is 0.254 e. The van der Waals surface area contributed by atoms with Gasteiger partial charge in [-0.15, -0.1) is 0 Å². The van der Waals surface area contributed by atoms with Crippen LogP contribution in [0.2, 0.25) is 0 Å². The summed E-state index contributed by atoms with van der Waals surface area (Å²) in [6, 6.07) is 17.3. The molecule has 0 atom stereocenters. The van der Waals surface area contributed by atoms with E-state index in [0.29, 0.717) is 30.8 Å². The number of hydrogen-bond donors (Lipinski definition) is 2. The number of benzene rings is 3. The molecule has 1 aliphatic heterocycles. The lowest BCUT2D eigenvalue weighted by Gasteiger charge is -2.26. The summed E-state index contributed by atoms with van der Waals surface area (Å²) < 4.78 is 0. The van der Waals surface area contributed by atoms with Crippen LogP contribution in [0.1, 0.15) is 37.4 Å². The zero-order chi connectivity index (χ0) is 21.4.